The molecule has 0 bridgehead atoms. The van der Waals surface area contributed by atoms with Gasteiger partial charge in [0.05, 0.1) is 13.2 Å². The summed E-state index contributed by atoms with van der Waals surface area (Å²) in [7, 11) is 3.10. The fourth-order valence-electron chi connectivity index (χ4n) is 1.30. The molecule has 0 aromatic heterocycles. The molecule has 8 nitrogen and oxygen atoms in total. The van der Waals surface area contributed by atoms with Gasteiger partial charge in [0, 0.05) is 33.9 Å². The maximum atomic E-state index is 11.8. The summed E-state index contributed by atoms with van der Waals surface area (Å²) >= 11 is 0. The first-order valence-corrected chi connectivity index (χ1v) is 5.94. The van der Waals surface area contributed by atoms with E-state index in [1.54, 1.807) is 7.11 Å². The van der Waals surface area contributed by atoms with E-state index in [0.717, 1.165) is 0 Å². The molecule has 0 fully saturated rings. The van der Waals surface area contributed by atoms with E-state index in [2.05, 4.69) is 5.32 Å². The number of methoxy groups -OCH3 is 2. The van der Waals surface area contributed by atoms with Gasteiger partial charge in [-0.05, 0) is 6.42 Å². The van der Waals surface area contributed by atoms with E-state index < -0.39 is 18.1 Å². The minimum Gasteiger partial charge on any atom is -0.479 e. The van der Waals surface area contributed by atoms with Crippen LogP contribution in [0.25, 0.3) is 0 Å². The smallest absolute Gasteiger partial charge is 0.334 e. The summed E-state index contributed by atoms with van der Waals surface area (Å²) in [6.45, 7) is 1.42. The van der Waals surface area contributed by atoms with Crippen LogP contribution in [0, 0.1) is 0 Å². The number of aliphatic hydroxyl groups is 1. The molecule has 0 spiro atoms. The second kappa shape index (κ2) is 10.5. The van der Waals surface area contributed by atoms with Crippen LogP contribution in [0.4, 0.5) is 4.79 Å². The maximum Gasteiger partial charge on any atom is 0.334 e. The van der Waals surface area contributed by atoms with Crippen molar-refractivity contribution < 1.29 is 29.3 Å². The second-order valence-electron chi connectivity index (χ2n) is 3.87. The number of amides is 2. The lowest BCUT2D eigenvalue weighted by molar-refractivity contribution is -0.146. The van der Waals surface area contributed by atoms with E-state index in [9.17, 15) is 9.59 Å². The van der Waals surface area contributed by atoms with E-state index in [1.165, 1.54) is 12.0 Å². The Balaban J connectivity index is 4.16. The number of ether oxygens (including phenoxy) is 2. The number of urea groups is 1. The normalized spacial score (nSPS) is 11.9. The molecule has 3 N–H and O–H groups in total. The number of carbonyl (C=O) groups excluding carboxylic acids is 1. The van der Waals surface area contributed by atoms with Gasteiger partial charge < -0.3 is 29.9 Å². The van der Waals surface area contributed by atoms with E-state index in [1.807, 2.05) is 0 Å². The number of nitrogens with one attached hydrogen (secondary N) is 1. The summed E-state index contributed by atoms with van der Waals surface area (Å²) in [5.41, 5.74) is 0. The molecule has 2 amide bonds. The Morgan fingerprint density at radius 3 is 2.37 bits per heavy atom. The van der Waals surface area contributed by atoms with Gasteiger partial charge >= 0.3 is 12.0 Å². The Morgan fingerprint density at radius 1 is 1.21 bits per heavy atom. The Hall–Kier alpha value is -1.38. The highest BCUT2D eigenvalue weighted by molar-refractivity contribution is 5.76. The van der Waals surface area contributed by atoms with E-state index in [4.69, 9.17) is 19.7 Å². The van der Waals surface area contributed by atoms with Crippen LogP contribution in [0.1, 0.15) is 6.42 Å². The number of carbonyl (C=O) groups is 2. The minimum atomic E-state index is -1.60. The molecule has 0 radical (unpaired) electrons. The third-order valence-electron chi connectivity index (χ3n) is 2.36. The maximum absolute atomic E-state index is 11.8. The molecule has 0 aromatic carbocycles. The van der Waals surface area contributed by atoms with Crippen molar-refractivity contribution in [3.05, 3.63) is 0 Å². The number of hydrogen-bond donors (Lipinski definition) is 3. The quantitative estimate of drug-likeness (QED) is 0.448. The molecule has 0 unspecified atom stereocenters. The Labute approximate surface area is 112 Å². The molecule has 112 valence electrons. The number of carboxylic acid groups (broad SMARTS) is 1. The third kappa shape index (κ3) is 8.36. The highest BCUT2D eigenvalue weighted by Crippen LogP contribution is 1.94. The van der Waals surface area contributed by atoms with Crippen LogP contribution in [0.3, 0.4) is 0 Å². The molecular formula is C11H22N2O6. The monoisotopic (exact) mass is 278 g/mol. The van der Waals surface area contributed by atoms with Gasteiger partial charge in [-0.1, -0.05) is 0 Å². The number of nitrogens with zero attached hydrogens (tertiary/aromatic N) is 1. The van der Waals surface area contributed by atoms with Crippen molar-refractivity contribution in [1.29, 1.82) is 0 Å². The van der Waals surface area contributed by atoms with E-state index >= 15 is 0 Å². The molecule has 0 aromatic rings. The summed E-state index contributed by atoms with van der Waals surface area (Å²) in [6.07, 6.45) is -0.943. The molecule has 0 rings (SSSR count). The zero-order chi connectivity index (χ0) is 14.7. The topological polar surface area (TPSA) is 108 Å². The van der Waals surface area contributed by atoms with Gasteiger partial charge in [0.2, 0.25) is 0 Å². The van der Waals surface area contributed by atoms with Crippen LogP contribution in [0.5, 0.6) is 0 Å². The van der Waals surface area contributed by atoms with E-state index in [-0.39, 0.29) is 6.54 Å². The average molecular weight is 278 g/mol. The number of carboxylic acids is 1. The summed E-state index contributed by atoms with van der Waals surface area (Å²) < 4.78 is 9.79. The van der Waals surface area contributed by atoms with Gasteiger partial charge in [0.1, 0.15) is 0 Å². The summed E-state index contributed by atoms with van der Waals surface area (Å²) in [5, 5.41) is 19.9. The molecule has 0 saturated heterocycles. The van der Waals surface area contributed by atoms with Crippen LogP contribution < -0.4 is 5.32 Å². The van der Waals surface area contributed by atoms with Gasteiger partial charge in [-0.3, -0.25) is 0 Å². The molecule has 0 aliphatic rings. The molecular weight excluding hydrogens is 256 g/mol. The predicted molar refractivity (Wildman–Crippen MR) is 67.0 cm³/mol. The molecule has 0 aliphatic carbocycles. The van der Waals surface area contributed by atoms with Crippen molar-refractivity contribution in [3.63, 3.8) is 0 Å². The SMILES string of the molecule is COCCCN(CCOC)C(=O)NC[C@H](O)C(=O)O. The lowest BCUT2D eigenvalue weighted by atomic mass is 10.3. The zero-order valence-electron chi connectivity index (χ0n) is 11.3. The number of aliphatic hydroxyl groups excluding tert-OH is 1. The van der Waals surface area contributed by atoms with Gasteiger partial charge in [-0.2, -0.15) is 0 Å². The Kier molecular flexibility index (Phi) is 9.77. The number of aliphatic carboxylic acids is 1. The van der Waals surface area contributed by atoms with Crippen molar-refractivity contribution >= 4 is 12.0 Å². The van der Waals surface area contributed by atoms with Crippen molar-refractivity contribution in [1.82, 2.24) is 10.2 Å². The third-order valence-corrected chi connectivity index (χ3v) is 2.36. The van der Waals surface area contributed by atoms with Crippen LogP contribution in [0.2, 0.25) is 0 Å². The first-order valence-electron chi connectivity index (χ1n) is 5.94. The number of hydrogen-bond acceptors (Lipinski definition) is 5. The Morgan fingerprint density at radius 2 is 1.84 bits per heavy atom. The van der Waals surface area contributed by atoms with Crippen molar-refractivity contribution in [2.24, 2.45) is 0 Å². The van der Waals surface area contributed by atoms with Crippen molar-refractivity contribution in [2.45, 2.75) is 12.5 Å². The fourth-order valence-corrected chi connectivity index (χ4v) is 1.30. The van der Waals surface area contributed by atoms with Crippen molar-refractivity contribution in [2.75, 3.05) is 47.1 Å². The first kappa shape index (κ1) is 17.6. The van der Waals surface area contributed by atoms with Crippen molar-refractivity contribution in [3.8, 4) is 0 Å². The predicted octanol–water partition coefficient (Wildman–Crippen LogP) is -0.874. The largest absolute Gasteiger partial charge is 0.479 e. The van der Waals surface area contributed by atoms with Crippen LogP contribution in [-0.4, -0.2) is 80.3 Å². The van der Waals surface area contributed by atoms with Crippen LogP contribution in [0.15, 0.2) is 0 Å². The summed E-state index contributed by atoms with van der Waals surface area (Å²) in [4.78, 5) is 23.7. The highest BCUT2D eigenvalue weighted by Gasteiger charge is 2.17. The van der Waals surface area contributed by atoms with Gasteiger partial charge in [0.15, 0.2) is 6.10 Å². The molecule has 19 heavy (non-hydrogen) atoms. The summed E-state index contributed by atoms with van der Waals surface area (Å²) in [5.74, 6) is -1.37. The lowest BCUT2D eigenvalue weighted by Crippen LogP contribution is -2.46. The van der Waals surface area contributed by atoms with Crippen LogP contribution >= 0.6 is 0 Å². The molecule has 0 heterocycles. The minimum absolute atomic E-state index is 0.331. The standard InChI is InChI=1S/C11H22N2O6/c1-18-6-3-4-13(5-7-19-2)11(17)12-8-9(14)10(15)16/h9,14H,3-8H2,1-2H3,(H,12,17)(H,15,16)/t9-/m0/s1. The van der Waals surface area contributed by atoms with Gasteiger partial charge in [-0.25, -0.2) is 9.59 Å². The number of rotatable bonds is 10. The van der Waals surface area contributed by atoms with Gasteiger partial charge in [0.25, 0.3) is 0 Å². The lowest BCUT2D eigenvalue weighted by Gasteiger charge is -2.23. The van der Waals surface area contributed by atoms with E-state index in [0.29, 0.717) is 32.7 Å². The molecule has 0 aliphatic heterocycles. The van der Waals surface area contributed by atoms with Crippen LogP contribution in [-0.2, 0) is 14.3 Å². The molecule has 1 atom stereocenters. The van der Waals surface area contributed by atoms with Gasteiger partial charge in [-0.15, -0.1) is 0 Å². The first-order chi connectivity index (χ1) is 9.02. The second-order valence-corrected chi connectivity index (χ2v) is 3.87. The zero-order valence-corrected chi connectivity index (χ0v) is 11.3. The Bertz CT molecular complexity index is 274. The molecule has 0 saturated carbocycles. The fraction of sp³-hybridized carbons (Fsp3) is 0.818. The summed E-state index contributed by atoms with van der Waals surface area (Å²) in [6, 6.07) is -0.437. The highest BCUT2D eigenvalue weighted by atomic mass is 16.5. The average Bonchev–Trinajstić information content (AvgIpc) is 2.39. The molecule has 8 heteroatoms.